The summed E-state index contributed by atoms with van der Waals surface area (Å²) in [6.45, 7) is 8.40. The Hall–Kier alpha value is -2.15. The van der Waals surface area contributed by atoms with Crippen LogP contribution in [-0.2, 0) is 0 Å². The maximum Gasteiger partial charge on any atom is 0.186 e. The van der Waals surface area contributed by atoms with Gasteiger partial charge in [-0.05, 0) is 38.3 Å². The molecule has 0 spiro atoms. The summed E-state index contributed by atoms with van der Waals surface area (Å²) in [6.07, 6.45) is 1.95. The Morgan fingerprint density at radius 3 is 2.50 bits per heavy atom. The van der Waals surface area contributed by atoms with Crippen molar-refractivity contribution >= 4 is 0 Å². The topological polar surface area (TPSA) is 54.5 Å². The van der Waals surface area contributed by atoms with Crippen LogP contribution in [0.1, 0.15) is 55.1 Å². The van der Waals surface area contributed by atoms with E-state index in [9.17, 15) is 5.26 Å². The first-order valence-electron chi connectivity index (χ1n) is 7.05. The fraction of sp³-hybridized carbons (Fsp3) is 0.438. The van der Waals surface area contributed by atoms with E-state index < -0.39 is 0 Å². The molecular formula is C16H20N4. The molecule has 0 N–H and O–H groups in total. The van der Waals surface area contributed by atoms with Crippen molar-refractivity contribution in [1.29, 1.82) is 5.26 Å². The van der Waals surface area contributed by atoms with Crippen molar-refractivity contribution in [3.8, 4) is 11.8 Å². The molecule has 104 valence electrons. The SMILES string of the molecule is CCC(CC)c1c(C#N)nnn1-c1ccc(C)cc1C. The van der Waals surface area contributed by atoms with Crippen LogP contribution < -0.4 is 0 Å². The highest BCUT2D eigenvalue weighted by Crippen LogP contribution is 2.28. The summed E-state index contributed by atoms with van der Waals surface area (Å²) in [5.74, 6) is 0.306. The van der Waals surface area contributed by atoms with Gasteiger partial charge in [0.05, 0.1) is 11.4 Å². The molecule has 0 aliphatic carbocycles. The monoisotopic (exact) mass is 268 g/mol. The quantitative estimate of drug-likeness (QED) is 0.850. The lowest BCUT2D eigenvalue weighted by Gasteiger charge is -2.16. The van der Waals surface area contributed by atoms with Crippen LogP contribution in [0.25, 0.3) is 5.69 Å². The molecule has 2 rings (SSSR count). The Balaban J connectivity index is 2.63. The Bertz CT molecular complexity index is 645. The standard InChI is InChI=1S/C16H20N4/c1-5-13(6-2)16-14(10-17)18-19-20(16)15-8-7-11(3)9-12(15)4/h7-9,13H,5-6H2,1-4H3. The summed E-state index contributed by atoms with van der Waals surface area (Å²) in [5.41, 5.74) is 4.75. The fourth-order valence-electron chi connectivity index (χ4n) is 2.63. The maximum absolute atomic E-state index is 9.27. The number of nitriles is 1. The molecule has 2 aromatic rings. The molecule has 4 heteroatoms. The van der Waals surface area contributed by atoms with E-state index in [4.69, 9.17) is 0 Å². The molecule has 0 unspecified atom stereocenters. The molecule has 4 nitrogen and oxygen atoms in total. The summed E-state index contributed by atoms with van der Waals surface area (Å²) >= 11 is 0. The Morgan fingerprint density at radius 1 is 1.25 bits per heavy atom. The van der Waals surface area contributed by atoms with Gasteiger partial charge in [-0.2, -0.15) is 5.26 Å². The third-order valence-electron chi connectivity index (χ3n) is 3.76. The first kappa shape index (κ1) is 14.3. The second kappa shape index (κ2) is 5.87. The van der Waals surface area contributed by atoms with Crippen LogP contribution in [0, 0.1) is 25.2 Å². The Kier molecular flexibility index (Phi) is 4.19. The molecule has 0 aliphatic rings. The maximum atomic E-state index is 9.27. The number of hydrogen-bond donors (Lipinski definition) is 0. The third-order valence-corrected chi connectivity index (χ3v) is 3.76. The molecule has 20 heavy (non-hydrogen) atoms. The van der Waals surface area contributed by atoms with Crippen molar-refractivity contribution in [2.75, 3.05) is 0 Å². The number of aromatic nitrogens is 3. The molecule has 0 saturated heterocycles. The van der Waals surface area contributed by atoms with Crippen LogP contribution >= 0.6 is 0 Å². The van der Waals surface area contributed by atoms with Gasteiger partial charge in [0.15, 0.2) is 5.69 Å². The molecule has 0 aliphatic heterocycles. The van der Waals surface area contributed by atoms with E-state index in [1.807, 2.05) is 10.7 Å². The van der Waals surface area contributed by atoms with Crippen LogP contribution in [0.15, 0.2) is 18.2 Å². The first-order chi connectivity index (χ1) is 9.62. The van der Waals surface area contributed by atoms with Crippen molar-refractivity contribution in [3.05, 3.63) is 40.7 Å². The average Bonchev–Trinajstić information content (AvgIpc) is 2.84. The zero-order valence-electron chi connectivity index (χ0n) is 12.5. The predicted molar refractivity (Wildman–Crippen MR) is 78.9 cm³/mol. The minimum Gasteiger partial charge on any atom is -0.216 e. The molecule has 0 amide bonds. The number of rotatable bonds is 4. The van der Waals surface area contributed by atoms with Gasteiger partial charge in [-0.15, -0.1) is 5.10 Å². The summed E-state index contributed by atoms with van der Waals surface area (Å²) in [5, 5.41) is 17.5. The molecule has 0 saturated carbocycles. The number of hydrogen-bond acceptors (Lipinski definition) is 3. The number of nitrogens with zero attached hydrogens (tertiary/aromatic N) is 4. The number of benzene rings is 1. The Morgan fingerprint density at radius 2 is 1.95 bits per heavy atom. The zero-order valence-corrected chi connectivity index (χ0v) is 12.5. The predicted octanol–water partition coefficient (Wildman–Crippen LogP) is 3.66. The molecule has 0 atom stereocenters. The Labute approximate surface area is 120 Å². The largest absolute Gasteiger partial charge is 0.216 e. The molecule has 0 bridgehead atoms. The first-order valence-corrected chi connectivity index (χ1v) is 7.05. The lowest BCUT2D eigenvalue weighted by molar-refractivity contribution is 0.593. The molecule has 0 radical (unpaired) electrons. The van der Waals surface area contributed by atoms with Gasteiger partial charge >= 0.3 is 0 Å². The van der Waals surface area contributed by atoms with Crippen LogP contribution in [0.2, 0.25) is 0 Å². The van der Waals surface area contributed by atoms with Gasteiger partial charge in [-0.1, -0.05) is 36.8 Å². The van der Waals surface area contributed by atoms with Gasteiger partial charge in [0.2, 0.25) is 0 Å². The van der Waals surface area contributed by atoms with Gasteiger partial charge in [-0.3, -0.25) is 0 Å². The summed E-state index contributed by atoms with van der Waals surface area (Å²) in [7, 11) is 0. The van der Waals surface area contributed by atoms with E-state index in [1.54, 1.807) is 0 Å². The van der Waals surface area contributed by atoms with Gasteiger partial charge in [0.25, 0.3) is 0 Å². The second-order valence-corrected chi connectivity index (χ2v) is 5.15. The summed E-state index contributed by atoms with van der Waals surface area (Å²) in [6, 6.07) is 8.41. The minimum absolute atomic E-state index is 0.306. The third kappa shape index (κ3) is 2.44. The molecular weight excluding hydrogens is 248 g/mol. The van der Waals surface area contributed by atoms with Crippen molar-refractivity contribution < 1.29 is 0 Å². The van der Waals surface area contributed by atoms with E-state index in [2.05, 4.69) is 56.2 Å². The summed E-state index contributed by atoms with van der Waals surface area (Å²) in [4.78, 5) is 0. The normalized spacial score (nSPS) is 10.8. The lowest BCUT2D eigenvalue weighted by Crippen LogP contribution is -2.09. The lowest BCUT2D eigenvalue weighted by atomic mass is 9.97. The minimum atomic E-state index is 0.306. The van der Waals surface area contributed by atoms with Crippen LogP contribution in [0.3, 0.4) is 0 Å². The van der Waals surface area contributed by atoms with Crippen LogP contribution in [0.5, 0.6) is 0 Å². The smallest absolute Gasteiger partial charge is 0.186 e. The molecule has 1 aromatic heterocycles. The molecule has 0 fully saturated rings. The van der Waals surface area contributed by atoms with Crippen molar-refractivity contribution in [1.82, 2.24) is 15.0 Å². The fourth-order valence-corrected chi connectivity index (χ4v) is 2.63. The van der Waals surface area contributed by atoms with E-state index >= 15 is 0 Å². The van der Waals surface area contributed by atoms with Crippen molar-refractivity contribution in [2.24, 2.45) is 0 Å². The van der Waals surface area contributed by atoms with Gasteiger partial charge in [0, 0.05) is 5.92 Å². The van der Waals surface area contributed by atoms with E-state index in [-0.39, 0.29) is 0 Å². The van der Waals surface area contributed by atoms with Crippen molar-refractivity contribution in [3.63, 3.8) is 0 Å². The highest BCUT2D eigenvalue weighted by atomic mass is 15.4. The van der Waals surface area contributed by atoms with E-state index in [1.165, 1.54) is 5.56 Å². The van der Waals surface area contributed by atoms with Crippen LogP contribution in [0.4, 0.5) is 0 Å². The van der Waals surface area contributed by atoms with Gasteiger partial charge in [0.1, 0.15) is 6.07 Å². The summed E-state index contributed by atoms with van der Waals surface area (Å²) < 4.78 is 1.84. The number of aryl methyl sites for hydroxylation is 2. The van der Waals surface area contributed by atoms with Crippen molar-refractivity contribution in [2.45, 2.75) is 46.5 Å². The van der Waals surface area contributed by atoms with E-state index in [0.29, 0.717) is 11.6 Å². The van der Waals surface area contributed by atoms with Crippen LogP contribution in [-0.4, -0.2) is 15.0 Å². The highest BCUT2D eigenvalue weighted by Gasteiger charge is 2.21. The molecule has 1 aromatic carbocycles. The highest BCUT2D eigenvalue weighted by molar-refractivity contribution is 5.45. The zero-order chi connectivity index (χ0) is 14.7. The second-order valence-electron chi connectivity index (χ2n) is 5.15. The van der Waals surface area contributed by atoms with E-state index in [0.717, 1.165) is 29.8 Å². The van der Waals surface area contributed by atoms with Gasteiger partial charge < -0.3 is 0 Å². The molecule has 1 heterocycles. The average molecular weight is 268 g/mol. The van der Waals surface area contributed by atoms with Gasteiger partial charge in [-0.25, -0.2) is 4.68 Å².